The lowest BCUT2D eigenvalue weighted by atomic mass is 9.95. The number of carboxylic acids is 1. The minimum Gasteiger partial charge on any atom is -0.550 e. The van der Waals surface area contributed by atoms with E-state index in [4.69, 9.17) is 27.9 Å². The van der Waals surface area contributed by atoms with Gasteiger partial charge in [0.25, 0.3) is 0 Å². The van der Waals surface area contributed by atoms with Crippen molar-refractivity contribution in [1.82, 2.24) is 0 Å². The summed E-state index contributed by atoms with van der Waals surface area (Å²) in [6, 6.07) is 0. The van der Waals surface area contributed by atoms with E-state index in [2.05, 4.69) is 0 Å². The average Bonchev–Trinajstić information content (AvgIpc) is 2.54. The van der Waals surface area contributed by atoms with Crippen molar-refractivity contribution < 1.29 is 19.4 Å². The Balaban J connectivity index is 4.93. The van der Waals surface area contributed by atoms with E-state index < -0.39 is 11.9 Å². The van der Waals surface area contributed by atoms with Gasteiger partial charge in [0.15, 0.2) is 0 Å². The van der Waals surface area contributed by atoms with Crippen LogP contribution in [-0.4, -0.2) is 18.5 Å². The second-order valence-corrected chi connectivity index (χ2v) is 6.88. The van der Waals surface area contributed by atoms with Crippen LogP contribution in [0.1, 0.15) is 72.1 Å². The number of ether oxygens (including phenoxy) is 1. The summed E-state index contributed by atoms with van der Waals surface area (Å²) in [7, 11) is 0. The zero-order valence-electron chi connectivity index (χ0n) is 14.9. The highest BCUT2D eigenvalue weighted by molar-refractivity contribution is 6.39. The number of rotatable bonds is 13. The lowest BCUT2D eigenvalue weighted by molar-refractivity contribution is -0.311. The number of carboxylic acid groups (broad SMARTS) is 1. The van der Waals surface area contributed by atoms with Gasteiger partial charge in [-0.1, -0.05) is 62.7 Å². The fourth-order valence-corrected chi connectivity index (χ4v) is 2.95. The van der Waals surface area contributed by atoms with Crippen LogP contribution in [0.3, 0.4) is 0 Å². The normalized spacial score (nSPS) is 14.7. The van der Waals surface area contributed by atoms with Crippen LogP contribution in [0.4, 0.5) is 0 Å². The first-order valence-electron chi connectivity index (χ1n) is 8.77. The summed E-state index contributed by atoms with van der Waals surface area (Å²) in [6.07, 6.45) is 5.17. The molecule has 0 aliphatic rings. The first-order valence-corrected chi connectivity index (χ1v) is 9.53. The molecule has 0 aromatic carbocycles. The predicted molar refractivity (Wildman–Crippen MR) is 95.6 cm³/mol. The van der Waals surface area contributed by atoms with Crippen LogP contribution in [0.2, 0.25) is 0 Å². The maximum atomic E-state index is 12.0. The first-order chi connectivity index (χ1) is 11.4. The molecular weight excluding hydrogens is 351 g/mol. The topological polar surface area (TPSA) is 66.4 Å². The molecule has 0 N–H and O–H groups in total. The Morgan fingerprint density at radius 3 is 1.79 bits per heavy atom. The summed E-state index contributed by atoms with van der Waals surface area (Å²) in [5.74, 6) is -2.39. The lowest BCUT2D eigenvalue weighted by Gasteiger charge is -2.19. The highest BCUT2D eigenvalue weighted by Crippen LogP contribution is 2.30. The third-order valence-electron chi connectivity index (χ3n) is 3.91. The van der Waals surface area contributed by atoms with Crippen LogP contribution >= 0.6 is 23.2 Å². The molecule has 0 saturated carbocycles. The Morgan fingerprint density at radius 2 is 1.38 bits per heavy atom. The number of allylic oxidation sites excluding steroid dienone is 2. The molecule has 0 amide bonds. The van der Waals surface area contributed by atoms with Crippen molar-refractivity contribution in [1.29, 1.82) is 0 Å². The number of aliphatic carboxylic acids is 1. The van der Waals surface area contributed by atoms with Crippen LogP contribution < -0.4 is 5.11 Å². The molecule has 0 bridgehead atoms. The van der Waals surface area contributed by atoms with Gasteiger partial charge in [-0.15, -0.1) is 0 Å². The highest BCUT2D eigenvalue weighted by atomic mass is 35.5. The molecule has 0 aliphatic heterocycles. The molecule has 0 saturated heterocycles. The summed E-state index contributed by atoms with van der Waals surface area (Å²) < 4.78 is 5.09. The second kappa shape index (κ2) is 13.5. The molecular formula is C18H29Cl2O4-. The quantitative estimate of drug-likeness (QED) is 0.445. The van der Waals surface area contributed by atoms with Gasteiger partial charge in [-0.25, -0.2) is 0 Å². The van der Waals surface area contributed by atoms with Crippen LogP contribution in [0, 0.1) is 11.8 Å². The molecule has 0 radical (unpaired) electrons. The largest absolute Gasteiger partial charge is 0.550 e. The molecule has 2 atom stereocenters. The molecule has 0 spiro atoms. The minimum atomic E-state index is -1.11. The van der Waals surface area contributed by atoms with Crippen molar-refractivity contribution in [3.8, 4) is 0 Å². The lowest BCUT2D eigenvalue weighted by Crippen LogP contribution is -2.31. The van der Waals surface area contributed by atoms with Gasteiger partial charge in [0.2, 0.25) is 0 Å². The average molecular weight is 380 g/mol. The molecule has 140 valence electrons. The van der Waals surface area contributed by atoms with E-state index in [-0.39, 0.29) is 24.7 Å². The Morgan fingerprint density at radius 1 is 0.917 bits per heavy atom. The fourth-order valence-electron chi connectivity index (χ4n) is 2.42. The zero-order valence-corrected chi connectivity index (χ0v) is 16.4. The van der Waals surface area contributed by atoms with Crippen molar-refractivity contribution >= 4 is 35.1 Å². The minimum absolute atomic E-state index is 0.145. The molecule has 6 heteroatoms. The zero-order chi connectivity index (χ0) is 18.5. The highest BCUT2D eigenvalue weighted by Gasteiger charge is 2.22. The summed E-state index contributed by atoms with van der Waals surface area (Å²) in [6.45, 7) is 6.12. The van der Waals surface area contributed by atoms with Gasteiger partial charge in [0.05, 0.1) is 12.5 Å². The summed E-state index contributed by atoms with van der Waals surface area (Å²) >= 11 is 12.5. The molecule has 0 heterocycles. The van der Waals surface area contributed by atoms with Crippen LogP contribution in [0.5, 0.6) is 0 Å². The third-order valence-corrected chi connectivity index (χ3v) is 4.77. The number of esters is 1. The van der Waals surface area contributed by atoms with Crippen LogP contribution in [-0.2, 0) is 14.3 Å². The van der Waals surface area contributed by atoms with Gasteiger partial charge >= 0.3 is 5.97 Å². The van der Waals surface area contributed by atoms with Gasteiger partial charge in [0, 0.05) is 22.0 Å². The van der Waals surface area contributed by atoms with Gasteiger partial charge in [0.1, 0.15) is 0 Å². The van der Waals surface area contributed by atoms with E-state index in [1.165, 1.54) is 0 Å². The molecule has 4 nitrogen and oxygen atoms in total. The molecule has 0 rings (SSSR count). The van der Waals surface area contributed by atoms with E-state index in [1.807, 2.05) is 13.8 Å². The number of hydrogen-bond donors (Lipinski definition) is 0. The number of hydrogen-bond acceptors (Lipinski definition) is 4. The Labute approximate surface area is 155 Å². The first kappa shape index (κ1) is 23.3. The maximum Gasteiger partial charge on any atom is 0.309 e. The Kier molecular flexibility index (Phi) is 13.1. The molecule has 0 fully saturated rings. The fraction of sp³-hybridized carbons (Fsp3) is 0.778. The molecule has 2 unspecified atom stereocenters. The maximum absolute atomic E-state index is 12.0. The number of halogens is 2. The van der Waals surface area contributed by atoms with Gasteiger partial charge < -0.3 is 14.6 Å². The van der Waals surface area contributed by atoms with Crippen LogP contribution in [0.15, 0.2) is 10.1 Å². The monoisotopic (exact) mass is 379 g/mol. The smallest absolute Gasteiger partial charge is 0.309 e. The van der Waals surface area contributed by atoms with Crippen molar-refractivity contribution in [2.75, 3.05) is 6.61 Å². The molecule has 24 heavy (non-hydrogen) atoms. The van der Waals surface area contributed by atoms with Crippen molar-refractivity contribution in [3.05, 3.63) is 10.1 Å². The standard InChI is InChI=1S/C18H30Cl2O4/c1-4-7-9-13(17(21)22)11-15(19)16(20)12-14(10-8-5-2)18(23)24-6-3/h13-14H,4-12H2,1-3H3,(H,21,22)/p-1. The summed E-state index contributed by atoms with van der Waals surface area (Å²) in [5, 5.41) is 11.9. The van der Waals surface area contributed by atoms with E-state index >= 15 is 0 Å². The van der Waals surface area contributed by atoms with E-state index in [9.17, 15) is 14.7 Å². The van der Waals surface area contributed by atoms with Crippen molar-refractivity contribution in [2.24, 2.45) is 11.8 Å². The second-order valence-electron chi connectivity index (χ2n) is 5.97. The number of carbonyl (C=O) groups excluding carboxylic acids is 2. The van der Waals surface area contributed by atoms with Crippen molar-refractivity contribution in [3.63, 3.8) is 0 Å². The Bertz CT molecular complexity index is 421. The van der Waals surface area contributed by atoms with Gasteiger partial charge in [-0.05, 0) is 32.6 Å². The molecule has 0 aliphatic carbocycles. The number of carbonyl (C=O) groups is 2. The summed E-state index contributed by atoms with van der Waals surface area (Å²) in [4.78, 5) is 23.2. The summed E-state index contributed by atoms with van der Waals surface area (Å²) in [5.41, 5.74) is 0. The van der Waals surface area contributed by atoms with E-state index in [1.54, 1.807) is 6.92 Å². The Hall–Kier alpha value is -0.740. The number of unbranched alkanes of at least 4 members (excludes halogenated alkanes) is 2. The van der Waals surface area contributed by atoms with E-state index in [0.717, 1.165) is 25.7 Å². The molecule has 0 aromatic heterocycles. The van der Waals surface area contributed by atoms with Crippen LogP contribution in [0.25, 0.3) is 0 Å². The van der Waals surface area contributed by atoms with E-state index in [0.29, 0.717) is 29.5 Å². The third kappa shape index (κ3) is 9.53. The molecule has 0 aromatic rings. The van der Waals surface area contributed by atoms with Crippen molar-refractivity contribution in [2.45, 2.75) is 72.1 Å². The van der Waals surface area contributed by atoms with Gasteiger partial charge in [-0.2, -0.15) is 0 Å². The predicted octanol–water partition coefficient (Wildman–Crippen LogP) is 4.38. The van der Waals surface area contributed by atoms with Gasteiger partial charge in [-0.3, -0.25) is 4.79 Å². The SMILES string of the molecule is CCCCC(CC(Cl)=C(Cl)CC(CCCC)C(=O)OCC)C(=O)[O-].